The zero-order valence-electron chi connectivity index (χ0n) is 39.8. The number of hydrogen-bond acceptors (Lipinski definition) is 10. The van der Waals surface area contributed by atoms with Crippen LogP contribution in [-0.4, -0.2) is 31.4 Å². The molecule has 4 N–H and O–H groups in total. The first-order valence-corrected chi connectivity index (χ1v) is 24.3. The van der Waals surface area contributed by atoms with Gasteiger partial charge in [-0.25, -0.2) is 0 Å². The Morgan fingerprint density at radius 1 is 0.246 bits per heavy atom. The highest BCUT2D eigenvalue weighted by atomic mass is 16.5. The minimum Gasteiger partial charge on any atom is -0.377 e. The monoisotopic (exact) mass is 926 g/mol. The Hall–Kier alpha value is -5.89. The number of pyridine rings is 1. The third kappa shape index (κ3) is 17.9. The molecule has 0 aliphatic carbocycles. The molecule has 0 amide bonds. The SMILES string of the molecule is c1cc2cc(c1)CNCc1ccc(cc1)COCCOCCOCc1ccc(cc1)CNC2.c1cc2cc(c1)CNCc1ccc(cc1)COCc1cccc(n1)COCc1ccc(cc1)CNC2. The molecule has 1 aromatic heterocycles. The average molecular weight is 926 g/mol. The van der Waals surface area contributed by atoms with Gasteiger partial charge in [0.1, 0.15) is 0 Å². The third-order valence-electron chi connectivity index (χ3n) is 11.9. The van der Waals surface area contributed by atoms with Crippen LogP contribution in [0.4, 0.5) is 0 Å². The second-order valence-electron chi connectivity index (χ2n) is 17.6. The van der Waals surface area contributed by atoms with Crippen LogP contribution in [-0.2, 0) is 116 Å². The first-order valence-electron chi connectivity index (χ1n) is 24.3. The molecule has 69 heavy (non-hydrogen) atoms. The van der Waals surface area contributed by atoms with Crippen molar-refractivity contribution in [1.82, 2.24) is 26.3 Å². The number of hydrogen-bond donors (Lipinski definition) is 4. The van der Waals surface area contributed by atoms with Gasteiger partial charge in [0.25, 0.3) is 0 Å². The smallest absolute Gasteiger partial charge is 0.0892 e. The van der Waals surface area contributed by atoms with Gasteiger partial charge in [0.2, 0.25) is 0 Å². The second kappa shape index (κ2) is 27.9. The lowest BCUT2D eigenvalue weighted by molar-refractivity contribution is 0.00704. The number of benzene rings is 6. The molecule has 6 aromatic carbocycles. The Morgan fingerprint density at radius 2 is 0.507 bits per heavy atom. The van der Waals surface area contributed by atoms with Gasteiger partial charge in [-0.15, -0.1) is 0 Å². The predicted molar refractivity (Wildman–Crippen MR) is 272 cm³/mol. The van der Waals surface area contributed by atoms with Crippen LogP contribution in [0.1, 0.15) is 78.1 Å². The van der Waals surface area contributed by atoms with Gasteiger partial charge >= 0.3 is 0 Å². The highest BCUT2D eigenvalue weighted by molar-refractivity contribution is 5.28. The Balaban J connectivity index is 0.000000187. The van der Waals surface area contributed by atoms with E-state index >= 15 is 0 Å². The molecule has 8 aliphatic heterocycles. The fourth-order valence-corrected chi connectivity index (χ4v) is 8.07. The summed E-state index contributed by atoms with van der Waals surface area (Å²) in [6.07, 6.45) is 0. The van der Waals surface area contributed by atoms with E-state index in [0.29, 0.717) is 66.1 Å². The van der Waals surface area contributed by atoms with Gasteiger partial charge in [0, 0.05) is 52.4 Å². The van der Waals surface area contributed by atoms with Gasteiger partial charge in [-0.05, 0) is 78.9 Å². The molecule has 0 fully saturated rings. The number of ether oxygens (including phenoxy) is 5. The van der Waals surface area contributed by atoms with E-state index in [9.17, 15) is 0 Å². The minimum atomic E-state index is 0.478. The summed E-state index contributed by atoms with van der Waals surface area (Å²) in [6.45, 7) is 12.3. The molecule has 14 bridgehead atoms. The summed E-state index contributed by atoms with van der Waals surface area (Å²) < 4.78 is 28.9. The van der Waals surface area contributed by atoms with Gasteiger partial charge in [0.05, 0.1) is 77.5 Å². The van der Waals surface area contributed by atoms with Crippen molar-refractivity contribution in [2.24, 2.45) is 0 Å². The number of nitrogens with zero attached hydrogens (tertiary/aromatic N) is 1. The van der Waals surface area contributed by atoms with Gasteiger partial charge in [-0.2, -0.15) is 0 Å². The summed E-state index contributed by atoms with van der Waals surface area (Å²) in [6, 6.07) is 57.9. The molecule has 0 atom stereocenters. The highest BCUT2D eigenvalue weighted by Gasteiger charge is 2.06. The largest absolute Gasteiger partial charge is 0.377 e. The van der Waals surface area contributed by atoms with Crippen molar-refractivity contribution in [3.63, 3.8) is 0 Å². The zero-order valence-corrected chi connectivity index (χ0v) is 39.8. The van der Waals surface area contributed by atoms with Crippen LogP contribution >= 0.6 is 0 Å². The molecule has 0 saturated carbocycles. The lowest BCUT2D eigenvalue weighted by Crippen LogP contribution is -2.15. The molecular formula is C59H67N5O5. The Kier molecular flexibility index (Phi) is 20.1. The van der Waals surface area contributed by atoms with Crippen LogP contribution in [0.3, 0.4) is 0 Å². The first-order chi connectivity index (χ1) is 34.1. The van der Waals surface area contributed by atoms with E-state index in [1.54, 1.807) is 0 Å². The van der Waals surface area contributed by atoms with Crippen molar-refractivity contribution in [2.45, 2.75) is 92.0 Å². The maximum Gasteiger partial charge on any atom is 0.0892 e. The van der Waals surface area contributed by atoms with Crippen LogP contribution in [0.2, 0.25) is 0 Å². The van der Waals surface area contributed by atoms with Crippen molar-refractivity contribution < 1.29 is 23.7 Å². The number of nitrogens with one attached hydrogen (secondary N) is 4. The molecule has 10 heteroatoms. The zero-order chi connectivity index (χ0) is 47.0. The van der Waals surface area contributed by atoms with Crippen LogP contribution in [0, 0.1) is 0 Å². The maximum atomic E-state index is 5.93. The van der Waals surface area contributed by atoms with E-state index in [-0.39, 0.29) is 0 Å². The fourth-order valence-electron chi connectivity index (χ4n) is 8.07. The third-order valence-corrected chi connectivity index (χ3v) is 11.9. The van der Waals surface area contributed by atoms with Gasteiger partial charge in [0.15, 0.2) is 0 Å². The topological polar surface area (TPSA) is 107 Å². The number of aromatic nitrogens is 1. The van der Waals surface area contributed by atoms with E-state index in [1.165, 1.54) is 55.6 Å². The lowest BCUT2D eigenvalue weighted by Gasteiger charge is -2.10. The second-order valence-corrected chi connectivity index (χ2v) is 17.6. The van der Waals surface area contributed by atoms with Crippen molar-refractivity contribution in [3.8, 4) is 0 Å². The summed E-state index contributed by atoms with van der Waals surface area (Å²) >= 11 is 0. The van der Waals surface area contributed by atoms with Crippen molar-refractivity contribution in [3.05, 3.63) is 242 Å². The van der Waals surface area contributed by atoms with Crippen molar-refractivity contribution >= 4 is 0 Å². The quantitative estimate of drug-likeness (QED) is 0.118. The van der Waals surface area contributed by atoms with Crippen LogP contribution in [0.5, 0.6) is 0 Å². The molecule has 358 valence electrons. The van der Waals surface area contributed by atoms with Crippen LogP contribution < -0.4 is 21.3 Å². The van der Waals surface area contributed by atoms with Gasteiger partial charge < -0.3 is 45.0 Å². The Bertz CT molecular complexity index is 2290. The summed E-state index contributed by atoms with van der Waals surface area (Å²) in [4.78, 5) is 4.69. The standard InChI is InChI=1S/C31H33N3O2.C28H34N2O3/c1-3-28-15-29(4-1)19-33-17-25-9-13-27(14-10-25)21-36-23-31-6-2-5-30(34-31)22-35-20-26-11-7-24(8-12-26)16-32-18-28;1-2-27-16-28(3-1)20-30-18-24-6-10-26(11-7-24)22-33-15-13-31-12-14-32-21-25-8-4-23(5-9-25)17-29-19-27/h1-15,32-33H,16-23H2;1-11,16,29-30H,12-15,17-22H2. The molecule has 0 spiro atoms. The summed E-state index contributed by atoms with van der Waals surface area (Å²) in [5, 5.41) is 14.2. The van der Waals surface area contributed by atoms with E-state index in [4.69, 9.17) is 23.7 Å². The van der Waals surface area contributed by atoms with E-state index < -0.39 is 0 Å². The van der Waals surface area contributed by atoms with Crippen LogP contribution in [0.25, 0.3) is 0 Å². The molecular weight excluding hydrogens is 859 g/mol. The molecule has 0 radical (unpaired) electrons. The molecule has 15 rings (SSSR count). The van der Waals surface area contributed by atoms with Crippen molar-refractivity contribution in [2.75, 3.05) is 26.4 Å². The molecule has 7 aromatic rings. The highest BCUT2D eigenvalue weighted by Crippen LogP contribution is 2.14. The van der Waals surface area contributed by atoms with Crippen LogP contribution in [0.15, 0.2) is 164 Å². The Morgan fingerprint density at radius 3 is 0.841 bits per heavy atom. The fraction of sp³-hybridized carbons (Fsp3) is 0.305. The van der Waals surface area contributed by atoms with E-state index in [0.717, 1.165) is 74.9 Å². The van der Waals surface area contributed by atoms with Crippen molar-refractivity contribution in [1.29, 1.82) is 0 Å². The van der Waals surface area contributed by atoms with E-state index in [2.05, 4.69) is 172 Å². The molecule has 0 unspecified atom stereocenters. The minimum absolute atomic E-state index is 0.478. The molecule has 10 nitrogen and oxygen atoms in total. The molecule has 8 aliphatic rings. The van der Waals surface area contributed by atoms with Gasteiger partial charge in [-0.1, -0.05) is 152 Å². The first kappa shape index (κ1) is 49.5. The lowest BCUT2D eigenvalue weighted by atomic mass is 10.1. The molecule has 9 heterocycles. The maximum absolute atomic E-state index is 5.93. The molecule has 0 saturated heterocycles. The Labute approximate surface area is 408 Å². The van der Waals surface area contributed by atoms with Gasteiger partial charge in [-0.3, -0.25) is 4.98 Å². The average Bonchev–Trinajstić information content (AvgIpc) is 3.38. The normalized spacial score (nSPS) is 16.3. The summed E-state index contributed by atoms with van der Waals surface area (Å²) in [5.41, 5.74) is 16.8. The van der Waals surface area contributed by atoms with E-state index in [1.807, 2.05) is 18.2 Å². The summed E-state index contributed by atoms with van der Waals surface area (Å²) in [5.74, 6) is 0. The number of rotatable bonds is 0. The summed E-state index contributed by atoms with van der Waals surface area (Å²) in [7, 11) is 0. The predicted octanol–water partition coefficient (Wildman–Crippen LogP) is 9.74.